The summed E-state index contributed by atoms with van der Waals surface area (Å²) >= 11 is 0. The molecule has 0 spiro atoms. The molecule has 1 fully saturated rings. The van der Waals surface area contributed by atoms with Gasteiger partial charge in [0.05, 0.1) is 18.0 Å². The topological polar surface area (TPSA) is 105 Å². The number of rotatable bonds is 6. The lowest BCUT2D eigenvalue weighted by Gasteiger charge is -2.36. The first kappa shape index (κ1) is 20.1. The van der Waals surface area contributed by atoms with Crippen molar-refractivity contribution < 1.29 is 9.90 Å². The van der Waals surface area contributed by atoms with Crippen molar-refractivity contribution in [1.29, 1.82) is 0 Å². The predicted molar refractivity (Wildman–Crippen MR) is 116 cm³/mol. The summed E-state index contributed by atoms with van der Waals surface area (Å²) in [5.74, 6) is -0.702. The van der Waals surface area contributed by atoms with Gasteiger partial charge in [0.25, 0.3) is 11.5 Å². The maximum absolute atomic E-state index is 12.7. The number of fused-ring (bicyclic) bond motifs is 1. The molecule has 156 valence electrons. The van der Waals surface area contributed by atoms with Gasteiger partial charge in [-0.3, -0.25) is 14.5 Å². The number of aliphatic hydroxyl groups excluding tert-OH is 1. The standard InChI is InChI=1S/C22H25N5O3/c23-21(29)20-18-8-4-5-9-19(18)22(30)27(24-20)15-17(28)14-25-10-12-26(13-11-25)16-6-2-1-3-7-16/h1-9,17,28H,10-15H2,(H2,23,29). The highest BCUT2D eigenvalue weighted by atomic mass is 16.3. The zero-order valence-corrected chi connectivity index (χ0v) is 16.6. The fraction of sp³-hybridized carbons (Fsp3) is 0.318. The van der Waals surface area contributed by atoms with Gasteiger partial charge >= 0.3 is 0 Å². The number of amides is 1. The highest BCUT2D eigenvalue weighted by molar-refractivity contribution is 6.03. The van der Waals surface area contributed by atoms with E-state index in [1.807, 2.05) is 18.2 Å². The van der Waals surface area contributed by atoms with Gasteiger partial charge in [-0.2, -0.15) is 5.10 Å². The first-order valence-electron chi connectivity index (χ1n) is 10.0. The Bertz CT molecular complexity index is 1090. The van der Waals surface area contributed by atoms with E-state index < -0.39 is 12.0 Å². The van der Waals surface area contributed by atoms with Crippen molar-refractivity contribution >= 4 is 22.4 Å². The number of hydrogen-bond donors (Lipinski definition) is 2. The van der Waals surface area contributed by atoms with Crippen LogP contribution in [-0.2, 0) is 6.54 Å². The molecule has 1 amide bonds. The Balaban J connectivity index is 1.43. The molecule has 0 radical (unpaired) electrons. The predicted octanol–water partition coefficient (Wildman–Crippen LogP) is 0.679. The molecule has 1 saturated heterocycles. The maximum atomic E-state index is 12.7. The summed E-state index contributed by atoms with van der Waals surface area (Å²) in [6, 6.07) is 17.0. The summed E-state index contributed by atoms with van der Waals surface area (Å²) in [6.07, 6.45) is -0.791. The fourth-order valence-corrected chi connectivity index (χ4v) is 3.92. The molecule has 4 rings (SSSR count). The molecule has 8 nitrogen and oxygen atoms in total. The zero-order chi connectivity index (χ0) is 21.1. The third-order valence-corrected chi connectivity index (χ3v) is 5.45. The molecule has 0 aliphatic carbocycles. The van der Waals surface area contributed by atoms with E-state index in [0.717, 1.165) is 30.9 Å². The molecule has 1 aromatic heterocycles. The molecule has 1 aliphatic rings. The second-order valence-electron chi connectivity index (χ2n) is 7.52. The van der Waals surface area contributed by atoms with Crippen molar-refractivity contribution in [3.8, 4) is 0 Å². The Morgan fingerprint density at radius 3 is 2.27 bits per heavy atom. The van der Waals surface area contributed by atoms with Gasteiger partial charge in [0.1, 0.15) is 0 Å². The molecule has 3 aromatic rings. The number of nitrogens with two attached hydrogens (primary N) is 1. The van der Waals surface area contributed by atoms with Crippen molar-refractivity contribution in [2.75, 3.05) is 37.6 Å². The van der Waals surface area contributed by atoms with Crippen LogP contribution in [0, 0.1) is 0 Å². The molecule has 0 bridgehead atoms. The Kier molecular flexibility index (Phi) is 5.78. The zero-order valence-electron chi connectivity index (χ0n) is 16.6. The number of anilines is 1. The molecule has 30 heavy (non-hydrogen) atoms. The number of para-hydroxylation sites is 1. The van der Waals surface area contributed by atoms with E-state index in [0.29, 0.717) is 17.3 Å². The number of piperazine rings is 1. The van der Waals surface area contributed by atoms with E-state index in [1.54, 1.807) is 24.3 Å². The van der Waals surface area contributed by atoms with Crippen LogP contribution in [0.3, 0.4) is 0 Å². The van der Waals surface area contributed by atoms with Crippen LogP contribution in [0.4, 0.5) is 5.69 Å². The van der Waals surface area contributed by atoms with Crippen LogP contribution in [0.1, 0.15) is 10.5 Å². The lowest BCUT2D eigenvalue weighted by atomic mass is 10.1. The molecule has 2 aromatic carbocycles. The third kappa shape index (κ3) is 4.19. The molecule has 8 heteroatoms. The summed E-state index contributed by atoms with van der Waals surface area (Å²) in [4.78, 5) is 29.0. The van der Waals surface area contributed by atoms with Crippen LogP contribution in [-0.4, -0.2) is 64.5 Å². The highest BCUT2D eigenvalue weighted by Crippen LogP contribution is 2.16. The van der Waals surface area contributed by atoms with Gasteiger partial charge in [0, 0.05) is 43.8 Å². The summed E-state index contributed by atoms with van der Waals surface area (Å²) in [7, 11) is 0. The van der Waals surface area contributed by atoms with E-state index >= 15 is 0 Å². The van der Waals surface area contributed by atoms with Gasteiger partial charge in [0.15, 0.2) is 5.69 Å². The Hall–Kier alpha value is -3.23. The van der Waals surface area contributed by atoms with Crippen LogP contribution in [0.5, 0.6) is 0 Å². The van der Waals surface area contributed by atoms with E-state index in [4.69, 9.17) is 5.73 Å². The molecule has 3 N–H and O–H groups in total. The minimum atomic E-state index is -0.791. The third-order valence-electron chi connectivity index (χ3n) is 5.45. The number of β-amino-alcohol motifs (C(OH)–C–C–N with tert-alkyl or cyclic N) is 1. The molecule has 1 unspecified atom stereocenters. The van der Waals surface area contributed by atoms with E-state index in [9.17, 15) is 14.7 Å². The van der Waals surface area contributed by atoms with Crippen molar-refractivity contribution in [3.63, 3.8) is 0 Å². The Morgan fingerprint density at radius 2 is 1.60 bits per heavy atom. The number of benzene rings is 2. The SMILES string of the molecule is NC(=O)c1nn(CC(O)CN2CCN(c3ccccc3)CC2)c(=O)c2ccccc12. The van der Waals surface area contributed by atoms with Gasteiger partial charge in [-0.05, 0) is 18.2 Å². The first-order chi connectivity index (χ1) is 14.5. The number of nitrogens with zero attached hydrogens (tertiary/aromatic N) is 4. The number of carbonyl (C=O) groups excluding carboxylic acids is 1. The van der Waals surface area contributed by atoms with E-state index in [-0.39, 0.29) is 17.8 Å². The van der Waals surface area contributed by atoms with Crippen molar-refractivity contribution in [2.24, 2.45) is 5.73 Å². The van der Waals surface area contributed by atoms with Gasteiger partial charge in [0.2, 0.25) is 0 Å². The average Bonchev–Trinajstić information content (AvgIpc) is 2.76. The minimum absolute atomic E-state index is 0.00282. The lowest BCUT2D eigenvalue weighted by molar-refractivity contribution is 0.0896. The quantitative estimate of drug-likeness (QED) is 0.623. The largest absolute Gasteiger partial charge is 0.390 e. The van der Waals surface area contributed by atoms with Gasteiger partial charge in [-0.1, -0.05) is 36.4 Å². The van der Waals surface area contributed by atoms with Gasteiger partial charge in [-0.25, -0.2) is 4.68 Å². The second-order valence-corrected chi connectivity index (χ2v) is 7.52. The molecule has 1 atom stereocenters. The normalized spacial score (nSPS) is 16.0. The van der Waals surface area contributed by atoms with Crippen LogP contribution < -0.4 is 16.2 Å². The Labute approximate surface area is 174 Å². The second kappa shape index (κ2) is 8.64. The van der Waals surface area contributed by atoms with Crippen molar-refractivity contribution in [3.05, 3.63) is 70.6 Å². The fourth-order valence-electron chi connectivity index (χ4n) is 3.92. The van der Waals surface area contributed by atoms with E-state index in [2.05, 4.69) is 27.0 Å². The van der Waals surface area contributed by atoms with Crippen molar-refractivity contribution in [1.82, 2.24) is 14.7 Å². The van der Waals surface area contributed by atoms with E-state index in [1.165, 1.54) is 5.69 Å². The average molecular weight is 407 g/mol. The molecular formula is C22H25N5O3. The lowest BCUT2D eigenvalue weighted by Crippen LogP contribution is -2.49. The molecule has 1 aliphatic heterocycles. The maximum Gasteiger partial charge on any atom is 0.274 e. The van der Waals surface area contributed by atoms with Crippen molar-refractivity contribution in [2.45, 2.75) is 12.6 Å². The number of aromatic nitrogens is 2. The number of carbonyl (C=O) groups is 1. The molecule has 0 saturated carbocycles. The van der Waals surface area contributed by atoms with Crippen LogP contribution >= 0.6 is 0 Å². The summed E-state index contributed by atoms with van der Waals surface area (Å²) in [5.41, 5.74) is 6.34. The minimum Gasteiger partial charge on any atom is -0.390 e. The van der Waals surface area contributed by atoms with Crippen LogP contribution in [0.25, 0.3) is 10.8 Å². The summed E-state index contributed by atoms with van der Waals surface area (Å²) in [6.45, 7) is 3.81. The number of hydrogen-bond acceptors (Lipinski definition) is 6. The number of primary amides is 1. The Morgan fingerprint density at radius 1 is 0.967 bits per heavy atom. The van der Waals surface area contributed by atoms with Crippen LogP contribution in [0.15, 0.2) is 59.4 Å². The number of aliphatic hydroxyl groups is 1. The summed E-state index contributed by atoms with van der Waals surface area (Å²) < 4.78 is 1.15. The highest BCUT2D eigenvalue weighted by Gasteiger charge is 2.21. The monoisotopic (exact) mass is 407 g/mol. The molecular weight excluding hydrogens is 382 g/mol. The molecule has 2 heterocycles. The first-order valence-corrected chi connectivity index (χ1v) is 10.0. The van der Waals surface area contributed by atoms with Crippen LogP contribution in [0.2, 0.25) is 0 Å². The van der Waals surface area contributed by atoms with Gasteiger partial charge < -0.3 is 15.7 Å². The van der Waals surface area contributed by atoms with Gasteiger partial charge in [-0.15, -0.1) is 0 Å². The smallest absolute Gasteiger partial charge is 0.274 e. The summed E-state index contributed by atoms with van der Waals surface area (Å²) in [5, 5.41) is 15.5.